The first-order valence-electron chi connectivity index (χ1n) is 7.29. The van der Waals surface area contributed by atoms with Crippen molar-refractivity contribution in [3.8, 4) is 0 Å². The number of hydrogen-bond donors (Lipinski definition) is 1. The molecule has 0 amide bonds. The van der Waals surface area contributed by atoms with Crippen LogP contribution in [0.25, 0.3) is 0 Å². The van der Waals surface area contributed by atoms with Gasteiger partial charge in [-0.3, -0.25) is 0 Å². The average molecular weight is 268 g/mol. The summed E-state index contributed by atoms with van der Waals surface area (Å²) in [7, 11) is 0. The summed E-state index contributed by atoms with van der Waals surface area (Å²) in [5.41, 5.74) is 2.67. The molecule has 1 aromatic carbocycles. The molecule has 0 saturated heterocycles. The lowest BCUT2D eigenvalue weighted by Gasteiger charge is -2.19. The molecule has 0 aliphatic carbocycles. The van der Waals surface area contributed by atoms with Gasteiger partial charge >= 0.3 is 0 Å². The summed E-state index contributed by atoms with van der Waals surface area (Å²) in [4.78, 5) is 11.5. The van der Waals surface area contributed by atoms with Crippen LogP contribution >= 0.6 is 0 Å². The Morgan fingerprint density at radius 2 is 2.05 bits per heavy atom. The molecule has 1 aliphatic heterocycles. The van der Waals surface area contributed by atoms with Crippen molar-refractivity contribution in [3.63, 3.8) is 0 Å². The van der Waals surface area contributed by atoms with Gasteiger partial charge in [-0.25, -0.2) is 9.97 Å². The highest BCUT2D eigenvalue weighted by Crippen LogP contribution is 2.33. The van der Waals surface area contributed by atoms with Crippen LogP contribution < -0.4 is 10.2 Å². The van der Waals surface area contributed by atoms with E-state index in [1.165, 1.54) is 11.3 Å². The number of anilines is 3. The first-order chi connectivity index (χ1) is 9.81. The Morgan fingerprint density at radius 1 is 1.20 bits per heavy atom. The predicted octanol–water partition coefficient (Wildman–Crippen LogP) is 3.17. The van der Waals surface area contributed by atoms with Gasteiger partial charge in [-0.05, 0) is 25.0 Å². The molecule has 4 nitrogen and oxygen atoms in total. The Morgan fingerprint density at radius 3 is 2.85 bits per heavy atom. The fraction of sp³-hybridized carbons (Fsp3) is 0.375. The molecule has 1 aliphatic rings. The van der Waals surface area contributed by atoms with E-state index in [2.05, 4.69) is 58.3 Å². The Labute approximate surface area is 119 Å². The molecule has 3 rings (SSSR count). The normalized spacial score (nSPS) is 13.4. The van der Waals surface area contributed by atoms with E-state index in [4.69, 9.17) is 0 Å². The van der Waals surface area contributed by atoms with Crippen molar-refractivity contribution in [1.29, 1.82) is 0 Å². The van der Waals surface area contributed by atoms with E-state index in [0.717, 1.165) is 43.4 Å². The SMILES string of the molecule is CCNc1cc(N2CCc3ccccc32)nc(CC)n1. The lowest BCUT2D eigenvalue weighted by Crippen LogP contribution is -2.17. The third-order valence-corrected chi connectivity index (χ3v) is 3.60. The maximum Gasteiger partial charge on any atom is 0.138 e. The summed E-state index contributed by atoms with van der Waals surface area (Å²) in [5, 5.41) is 3.29. The van der Waals surface area contributed by atoms with Crippen LogP contribution in [0.1, 0.15) is 25.2 Å². The topological polar surface area (TPSA) is 41.0 Å². The minimum atomic E-state index is 0.849. The van der Waals surface area contributed by atoms with Crippen LogP contribution in [-0.2, 0) is 12.8 Å². The van der Waals surface area contributed by atoms with Gasteiger partial charge in [-0.2, -0.15) is 0 Å². The molecule has 0 fully saturated rings. The van der Waals surface area contributed by atoms with Crippen LogP contribution in [0.5, 0.6) is 0 Å². The van der Waals surface area contributed by atoms with Crippen molar-refractivity contribution < 1.29 is 0 Å². The maximum atomic E-state index is 4.69. The number of benzene rings is 1. The zero-order chi connectivity index (χ0) is 13.9. The third-order valence-electron chi connectivity index (χ3n) is 3.60. The minimum absolute atomic E-state index is 0.849. The maximum absolute atomic E-state index is 4.69. The standard InChI is InChI=1S/C16H20N4/c1-3-14-18-15(17-4-2)11-16(19-14)20-10-9-12-7-5-6-8-13(12)20/h5-8,11H,3-4,9-10H2,1-2H3,(H,17,18,19). The molecule has 104 valence electrons. The number of nitrogens with one attached hydrogen (secondary N) is 1. The van der Waals surface area contributed by atoms with E-state index in [1.807, 2.05) is 6.07 Å². The molecule has 0 saturated carbocycles. The van der Waals surface area contributed by atoms with Gasteiger partial charge in [0.15, 0.2) is 0 Å². The molecule has 1 aromatic heterocycles. The van der Waals surface area contributed by atoms with Crippen molar-refractivity contribution in [2.75, 3.05) is 23.3 Å². The molecule has 0 unspecified atom stereocenters. The first-order valence-corrected chi connectivity index (χ1v) is 7.29. The van der Waals surface area contributed by atoms with Crippen molar-refractivity contribution in [2.45, 2.75) is 26.7 Å². The smallest absolute Gasteiger partial charge is 0.138 e. The second kappa shape index (κ2) is 5.49. The molecule has 2 aromatic rings. The fourth-order valence-corrected chi connectivity index (χ4v) is 2.63. The number of rotatable bonds is 4. The lowest BCUT2D eigenvalue weighted by atomic mass is 10.2. The van der Waals surface area contributed by atoms with Gasteiger partial charge in [0.25, 0.3) is 0 Å². The summed E-state index contributed by atoms with van der Waals surface area (Å²) in [6, 6.07) is 10.6. The number of nitrogens with zero attached hydrogens (tertiary/aromatic N) is 3. The predicted molar refractivity (Wildman–Crippen MR) is 82.7 cm³/mol. The summed E-state index contributed by atoms with van der Waals surface area (Å²) >= 11 is 0. The number of para-hydroxylation sites is 1. The van der Waals surface area contributed by atoms with Crippen LogP contribution in [-0.4, -0.2) is 23.1 Å². The fourth-order valence-electron chi connectivity index (χ4n) is 2.63. The van der Waals surface area contributed by atoms with E-state index in [1.54, 1.807) is 0 Å². The van der Waals surface area contributed by atoms with Crippen LogP contribution in [0.4, 0.5) is 17.3 Å². The second-order valence-corrected chi connectivity index (χ2v) is 4.94. The van der Waals surface area contributed by atoms with Gasteiger partial charge in [0.1, 0.15) is 17.5 Å². The number of hydrogen-bond acceptors (Lipinski definition) is 4. The highest BCUT2D eigenvalue weighted by atomic mass is 15.2. The van der Waals surface area contributed by atoms with Gasteiger partial charge in [-0.15, -0.1) is 0 Å². The highest BCUT2D eigenvalue weighted by molar-refractivity contribution is 5.68. The number of aromatic nitrogens is 2. The summed E-state index contributed by atoms with van der Waals surface area (Å²) < 4.78 is 0. The Kier molecular flexibility index (Phi) is 3.54. The second-order valence-electron chi connectivity index (χ2n) is 4.94. The van der Waals surface area contributed by atoms with Crippen LogP contribution in [0.3, 0.4) is 0 Å². The summed E-state index contributed by atoms with van der Waals surface area (Å²) in [5.74, 6) is 2.80. The molecule has 0 spiro atoms. The largest absolute Gasteiger partial charge is 0.370 e. The highest BCUT2D eigenvalue weighted by Gasteiger charge is 2.21. The zero-order valence-corrected chi connectivity index (χ0v) is 12.1. The average Bonchev–Trinajstić information content (AvgIpc) is 2.91. The molecule has 0 atom stereocenters. The first kappa shape index (κ1) is 12.9. The van der Waals surface area contributed by atoms with Gasteiger partial charge in [0.2, 0.25) is 0 Å². The quantitative estimate of drug-likeness (QED) is 0.924. The van der Waals surface area contributed by atoms with Gasteiger partial charge in [0.05, 0.1) is 0 Å². The lowest BCUT2D eigenvalue weighted by molar-refractivity contribution is 0.901. The molecule has 1 N–H and O–H groups in total. The van der Waals surface area contributed by atoms with Crippen LogP contribution in [0.15, 0.2) is 30.3 Å². The van der Waals surface area contributed by atoms with Crippen LogP contribution in [0, 0.1) is 0 Å². The zero-order valence-electron chi connectivity index (χ0n) is 12.1. The Bertz CT molecular complexity index is 609. The molecular weight excluding hydrogens is 248 g/mol. The molecule has 4 heteroatoms. The molecule has 20 heavy (non-hydrogen) atoms. The third kappa shape index (κ3) is 2.33. The number of aryl methyl sites for hydroxylation is 1. The summed E-state index contributed by atoms with van der Waals surface area (Å²) in [6.07, 6.45) is 1.93. The minimum Gasteiger partial charge on any atom is -0.370 e. The monoisotopic (exact) mass is 268 g/mol. The number of fused-ring (bicyclic) bond motifs is 1. The van der Waals surface area contributed by atoms with Crippen molar-refractivity contribution in [2.24, 2.45) is 0 Å². The van der Waals surface area contributed by atoms with E-state index < -0.39 is 0 Å². The summed E-state index contributed by atoms with van der Waals surface area (Å²) in [6.45, 7) is 6.03. The molecule has 2 heterocycles. The Balaban J connectivity index is 2.00. The van der Waals surface area contributed by atoms with E-state index in [0.29, 0.717) is 0 Å². The van der Waals surface area contributed by atoms with E-state index in [-0.39, 0.29) is 0 Å². The van der Waals surface area contributed by atoms with Crippen molar-refractivity contribution in [3.05, 3.63) is 41.7 Å². The van der Waals surface area contributed by atoms with Gasteiger partial charge in [-0.1, -0.05) is 25.1 Å². The molecule has 0 radical (unpaired) electrons. The Hall–Kier alpha value is -2.10. The van der Waals surface area contributed by atoms with Crippen molar-refractivity contribution >= 4 is 17.3 Å². The van der Waals surface area contributed by atoms with E-state index in [9.17, 15) is 0 Å². The van der Waals surface area contributed by atoms with Gasteiger partial charge in [0, 0.05) is 31.3 Å². The molecular formula is C16H20N4. The van der Waals surface area contributed by atoms with Gasteiger partial charge < -0.3 is 10.2 Å². The molecule has 0 bridgehead atoms. The van der Waals surface area contributed by atoms with Crippen LogP contribution in [0.2, 0.25) is 0 Å². The van der Waals surface area contributed by atoms with E-state index >= 15 is 0 Å². The van der Waals surface area contributed by atoms with Crippen molar-refractivity contribution in [1.82, 2.24) is 9.97 Å².